The molecule has 1 aliphatic rings. The fraction of sp³-hybridized carbons (Fsp3) is 0.500. The highest BCUT2D eigenvalue weighted by atomic mass is 35.5. The van der Waals surface area contributed by atoms with Crippen molar-refractivity contribution >= 4 is 12.4 Å². The van der Waals surface area contributed by atoms with Gasteiger partial charge in [0, 0.05) is 6.04 Å². The first-order valence-corrected chi connectivity index (χ1v) is 6.95. The van der Waals surface area contributed by atoms with Gasteiger partial charge in [-0.05, 0) is 43.9 Å². The second-order valence-electron chi connectivity index (χ2n) is 4.88. The van der Waals surface area contributed by atoms with Crippen LogP contribution in [0.3, 0.4) is 0 Å². The molecule has 2 nitrogen and oxygen atoms in total. The third-order valence-corrected chi connectivity index (χ3v) is 3.47. The monoisotopic (exact) mass is 281 g/mol. The summed E-state index contributed by atoms with van der Waals surface area (Å²) in [6.45, 7) is 5.75. The van der Waals surface area contributed by atoms with Gasteiger partial charge in [-0.1, -0.05) is 30.7 Å². The highest BCUT2D eigenvalue weighted by molar-refractivity contribution is 5.85. The predicted octanol–water partition coefficient (Wildman–Crippen LogP) is 3.75. The highest BCUT2D eigenvalue weighted by Gasteiger charge is 2.12. The summed E-state index contributed by atoms with van der Waals surface area (Å²) in [5, 5.41) is 3.55. The van der Waals surface area contributed by atoms with E-state index in [9.17, 15) is 0 Å². The smallest absolute Gasteiger partial charge is 0.122 e. The van der Waals surface area contributed by atoms with E-state index in [2.05, 4.69) is 18.0 Å². The summed E-state index contributed by atoms with van der Waals surface area (Å²) in [4.78, 5) is 0. The minimum Gasteiger partial charge on any atom is -0.493 e. The van der Waals surface area contributed by atoms with Crippen molar-refractivity contribution in [2.45, 2.75) is 38.1 Å². The number of halogens is 1. The lowest BCUT2D eigenvalue weighted by Crippen LogP contribution is -2.35. The summed E-state index contributed by atoms with van der Waals surface area (Å²) in [7, 11) is 0. The van der Waals surface area contributed by atoms with Crippen molar-refractivity contribution in [3.63, 3.8) is 0 Å². The number of piperidine rings is 1. The van der Waals surface area contributed by atoms with Gasteiger partial charge in [-0.25, -0.2) is 0 Å². The van der Waals surface area contributed by atoms with Crippen LogP contribution < -0.4 is 10.1 Å². The molecule has 1 heterocycles. The van der Waals surface area contributed by atoms with E-state index in [0.29, 0.717) is 6.04 Å². The minimum atomic E-state index is 0. The molecule has 1 aromatic carbocycles. The van der Waals surface area contributed by atoms with Crippen LogP contribution in [0.15, 0.2) is 36.9 Å². The molecule has 1 fully saturated rings. The molecule has 1 aromatic rings. The molecule has 1 N–H and O–H groups in total. The van der Waals surface area contributed by atoms with Crippen LogP contribution in [0.5, 0.6) is 5.75 Å². The molecule has 0 spiro atoms. The molecule has 0 aliphatic carbocycles. The maximum Gasteiger partial charge on any atom is 0.122 e. The van der Waals surface area contributed by atoms with E-state index in [1.54, 1.807) is 0 Å². The van der Waals surface area contributed by atoms with Gasteiger partial charge in [0.1, 0.15) is 5.75 Å². The standard InChI is InChI=1S/C16H23NO.ClH/c1-2-7-14-8-3-4-10-16(14)18-13-11-15-9-5-6-12-17-15;/h2-4,8,10,15,17H,1,5-7,9,11-13H2;1H. The first-order chi connectivity index (χ1) is 8.90. The van der Waals surface area contributed by atoms with Crippen molar-refractivity contribution in [3.8, 4) is 5.75 Å². The first-order valence-electron chi connectivity index (χ1n) is 6.95. The molecule has 0 saturated carbocycles. The molecular weight excluding hydrogens is 258 g/mol. The maximum absolute atomic E-state index is 5.90. The fourth-order valence-electron chi connectivity index (χ4n) is 2.45. The van der Waals surface area contributed by atoms with Crippen molar-refractivity contribution in [2.75, 3.05) is 13.2 Å². The van der Waals surface area contributed by atoms with Gasteiger partial charge in [-0.15, -0.1) is 19.0 Å². The molecule has 0 amide bonds. The van der Waals surface area contributed by atoms with Crippen molar-refractivity contribution in [1.29, 1.82) is 0 Å². The Labute approximate surface area is 122 Å². The van der Waals surface area contributed by atoms with Crippen molar-refractivity contribution in [3.05, 3.63) is 42.5 Å². The van der Waals surface area contributed by atoms with Gasteiger partial charge < -0.3 is 10.1 Å². The Hall–Kier alpha value is -0.990. The average Bonchev–Trinajstić information content (AvgIpc) is 2.42. The van der Waals surface area contributed by atoms with Crippen LogP contribution >= 0.6 is 12.4 Å². The summed E-state index contributed by atoms with van der Waals surface area (Å²) in [6, 6.07) is 8.88. The number of para-hydroxylation sites is 1. The Morgan fingerprint density at radius 3 is 2.89 bits per heavy atom. The molecule has 106 valence electrons. The number of rotatable bonds is 6. The van der Waals surface area contributed by atoms with E-state index in [1.165, 1.54) is 24.8 Å². The minimum absolute atomic E-state index is 0. The lowest BCUT2D eigenvalue weighted by atomic mass is 10.0. The largest absolute Gasteiger partial charge is 0.493 e. The van der Waals surface area contributed by atoms with Crippen LogP contribution in [0.4, 0.5) is 0 Å². The van der Waals surface area contributed by atoms with Crippen LogP contribution in [0.1, 0.15) is 31.2 Å². The summed E-state index contributed by atoms with van der Waals surface area (Å²) in [5.41, 5.74) is 1.23. The number of allylic oxidation sites excluding steroid dienone is 1. The van der Waals surface area contributed by atoms with Crippen LogP contribution in [0, 0.1) is 0 Å². The fourth-order valence-corrected chi connectivity index (χ4v) is 2.45. The van der Waals surface area contributed by atoms with E-state index in [-0.39, 0.29) is 12.4 Å². The lowest BCUT2D eigenvalue weighted by molar-refractivity contribution is 0.266. The van der Waals surface area contributed by atoms with Crippen LogP contribution in [0.2, 0.25) is 0 Å². The molecule has 0 bridgehead atoms. The van der Waals surface area contributed by atoms with E-state index in [1.807, 2.05) is 24.3 Å². The molecule has 1 saturated heterocycles. The van der Waals surface area contributed by atoms with Crippen molar-refractivity contribution in [2.24, 2.45) is 0 Å². The molecule has 1 unspecified atom stereocenters. The van der Waals surface area contributed by atoms with Gasteiger partial charge >= 0.3 is 0 Å². The summed E-state index contributed by atoms with van der Waals surface area (Å²) < 4.78 is 5.90. The molecule has 1 aliphatic heterocycles. The molecular formula is C16H24ClNO. The first kappa shape index (κ1) is 16.1. The van der Waals surface area contributed by atoms with Gasteiger partial charge in [-0.3, -0.25) is 0 Å². The van der Waals surface area contributed by atoms with Gasteiger partial charge in [0.05, 0.1) is 6.61 Å². The topological polar surface area (TPSA) is 21.3 Å². The molecule has 3 heteroatoms. The van der Waals surface area contributed by atoms with Crippen molar-refractivity contribution in [1.82, 2.24) is 5.32 Å². The lowest BCUT2D eigenvalue weighted by Gasteiger charge is -2.23. The molecule has 2 rings (SSSR count). The molecule has 0 aromatic heterocycles. The summed E-state index contributed by atoms with van der Waals surface area (Å²) in [5.74, 6) is 1.01. The van der Waals surface area contributed by atoms with Gasteiger partial charge in [0.2, 0.25) is 0 Å². The predicted molar refractivity (Wildman–Crippen MR) is 83.3 cm³/mol. The molecule has 0 radical (unpaired) electrons. The Morgan fingerprint density at radius 2 is 2.16 bits per heavy atom. The SMILES string of the molecule is C=CCc1ccccc1OCCC1CCCCN1.Cl. The number of nitrogens with one attached hydrogen (secondary N) is 1. The quantitative estimate of drug-likeness (QED) is 0.802. The zero-order chi connectivity index (χ0) is 12.6. The second kappa shape index (κ2) is 9.00. The highest BCUT2D eigenvalue weighted by Crippen LogP contribution is 2.19. The number of hydrogen-bond donors (Lipinski definition) is 1. The zero-order valence-corrected chi connectivity index (χ0v) is 12.3. The van der Waals surface area contributed by atoms with Crippen molar-refractivity contribution < 1.29 is 4.74 Å². The Bertz CT molecular complexity index is 375. The van der Waals surface area contributed by atoms with E-state index in [0.717, 1.165) is 31.7 Å². The normalized spacial score (nSPS) is 18.4. The van der Waals surface area contributed by atoms with E-state index >= 15 is 0 Å². The molecule has 1 atom stereocenters. The number of benzene rings is 1. The Kier molecular flexibility index (Phi) is 7.61. The van der Waals surface area contributed by atoms with Gasteiger partial charge in [0.15, 0.2) is 0 Å². The number of hydrogen-bond acceptors (Lipinski definition) is 2. The van der Waals surface area contributed by atoms with Gasteiger partial charge in [-0.2, -0.15) is 0 Å². The zero-order valence-electron chi connectivity index (χ0n) is 11.4. The average molecular weight is 282 g/mol. The third kappa shape index (κ3) is 5.25. The van der Waals surface area contributed by atoms with E-state index < -0.39 is 0 Å². The van der Waals surface area contributed by atoms with E-state index in [4.69, 9.17) is 4.74 Å². The number of ether oxygens (including phenoxy) is 1. The molecule has 19 heavy (non-hydrogen) atoms. The third-order valence-electron chi connectivity index (χ3n) is 3.47. The van der Waals surface area contributed by atoms with Gasteiger partial charge in [0.25, 0.3) is 0 Å². The summed E-state index contributed by atoms with van der Waals surface area (Å²) in [6.07, 6.45) is 7.85. The second-order valence-corrected chi connectivity index (χ2v) is 4.88. The Balaban J connectivity index is 0.00000180. The van der Waals surface area contributed by atoms with Crippen LogP contribution in [-0.4, -0.2) is 19.2 Å². The summed E-state index contributed by atoms with van der Waals surface area (Å²) >= 11 is 0. The Morgan fingerprint density at radius 1 is 1.32 bits per heavy atom. The van der Waals surface area contributed by atoms with Crippen LogP contribution in [0.25, 0.3) is 0 Å². The maximum atomic E-state index is 5.90. The van der Waals surface area contributed by atoms with Crippen LogP contribution in [-0.2, 0) is 6.42 Å².